The summed E-state index contributed by atoms with van der Waals surface area (Å²) in [4.78, 5) is 22.0. The number of hydrogen-bond acceptors (Lipinski definition) is 3. The van der Waals surface area contributed by atoms with Gasteiger partial charge in [0.25, 0.3) is 0 Å². The summed E-state index contributed by atoms with van der Waals surface area (Å²) >= 11 is 1.02. The number of nitrogens with one attached hydrogen (secondary N) is 1. The molecule has 0 saturated heterocycles. The number of thioether (sulfide) groups is 1. The van der Waals surface area contributed by atoms with Gasteiger partial charge in [0.05, 0.1) is 0 Å². The van der Waals surface area contributed by atoms with Crippen molar-refractivity contribution in [2.45, 2.75) is 17.9 Å². The first-order valence-electron chi connectivity index (χ1n) is 4.98. The largest absolute Gasteiger partial charge is 0.480 e. The molecule has 0 radical (unpaired) electrons. The van der Waals surface area contributed by atoms with Crippen molar-refractivity contribution in [2.75, 3.05) is 5.75 Å². The number of amides is 1. The van der Waals surface area contributed by atoms with Crippen LogP contribution in [0, 0.1) is 11.6 Å². The number of aliphatic carboxylic acids is 1. The number of benzene rings is 1. The molecule has 1 unspecified atom stereocenters. The van der Waals surface area contributed by atoms with Crippen LogP contribution in [0.2, 0.25) is 0 Å². The van der Waals surface area contributed by atoms with E-state index < -0.39 is 29.6 Å². The lowest BCUT2D eigenvalue weighted by Gasteiger charge is -2.12. The Morgan fingerprint density at radius 1 is 1.39 bits per heavy atom. The van der Waals surface area contributed by atoms with Crippen molar-refractivity contribution in [1.82, 2.24) is 5.32 Å². The summed E-state index contributed by atoms with van der Waals surface area (Å²) in [7, 11) is 0. The van der Waals surface area contributed by atoms with Crippen LogP contribution in [0.5, 0.6) is 0 Å². The number of carboxylic acid groups (broad SMARTS) is 1. The summed E-state index contributed by atoms with van der Waals surface area (Å²) in [5.41, 5.74) is 0. The molecule has 7 heteroatoms. The molecule has 0 fully saturated rings. The van der Waals surface area contributed by atoms with Gasteiger partial charge in [0.2, 0.25) is 5.91 Å². The quantitative estimate of drug-likeness (QED) is 0.802. The smallest absolute Gasteiger partial charge is 0.327 e. The van der Waals surface area contributed by atoms with Crippen molar-refractivity contribution in [3.05, 3.63) is 29.8 Å². The molecule has 0 saturated carbocycles. The van der Waals surface area contributed by atoms with Gasteiger partial charge < -0.3 is 10.4 Å². The summed E-state index contributed by atoms with van der Waals surface area (Å²) < 4.78 is 25.6. The second kappa shape index (κ2) is 6.34. The maximum Gasteiger partial charge on any atom is 0.327 e. The molecular formula is C11H11F2NO3S. The zero-order valence-electron chi connectivity index (χ0n) is 9.44. The number of rotatable bonds is 5. The Bertz CT molecular complexity index is 468. The first-order valence-corrected chi connectivity index (χ1v) is 5.96. The van der Waals surface area contributed by atoms with E-state index in [4.69, 9.17) is 5.11 Å². The predicted molar refractivity (Wildman–Crippen MR) is 62.3 cm³/mol. The molecule has 0 spiro atoms. The minimum absolute atomic E-state index is 0.0278. The molecule has 0 aliphatic rings. The molecule has 1 rings (SSSR count). The highest BCUT2D eigenvalue weighted by atomic mass is 32.2. The topological polar surface area (TPSA) is 66.4 Å². The number of hydrogen-bond donors (Lipinski definition) is 2. The van der Waals surface area contributed by atoms with Crippen LogP contribution in [-0.4, -0.2) is 28.8 Å². The standard InChI is InChI=1S/C11H11F2NO3S/c1-6(15)14-10(11(16)17)5-18-7-2-3-8(12)9(13)4-7/h2-4,10H,5H2,1H3,(H,14,15)(H,16,17). The van der Waals surface area contributed by atoms with Gasteiger partial charge in [-0.3, -0.25) is 4.79 Å². The van der Waals surface area contributed by atoms with E-state index in [1.54, 1.807) is 0 Å². The van der Waals surface area contributed by atoms with Crippen LogP contribution in [0.3, 0.4) is 0 Å². The molecule has 0 aliphatic carbocycles. The van der Waals surface area contributed by atoms with E-state index in [0.717, 1.165) is 23.9 Å². The van der Waals surface area contributed by atoms with Crippen molar-refractivity contribution in [3.8, 4) is 0 Å². The molecule has 0 aromatic heterocycles. The molecule has 0 bridgehead atoms. The first kappa shape index (κ1) is 14.4. The zero-order valence-corrected chi connectivity index (χ0v) is 10.3. The van der Waals surface area contributed by atoms with Crippen LogP contribution < -0.4 is 5.32 Å². The molecule has 98 valence electrons. The predicted octanol–water partition coefficient (Wildman–Crippen LogP) is 1.65. The molecule has 4 nitrogen and oxygen atoms in total. The number of carbonyl (C=O) groups is 2. The highest BCUT2D eigenvalue weighted by molar-refractivity contribution is 7.99. The van der Waals surface area contributed by atoms with E-state index in [-0.39, 0.29) is 5.75 Å². The van der Waals surface area contributed by atoms with Gasteiger partial charge in [0, 0.05) is 17.6 Å². The van der Waals surface area contributed by atoms with Crippen LogP contribution in [-0.2, 0) is 9.59 Å². The Hall–Kier alpha value is -1.63. The molecule has 0 heterocycles. The monoisotopic (exact) mass is 275 g/mol. The van der Waals surface area contributed by atoms with E-state index in [2.05, 4.69) is 5.32 Å². The molecule has 2 N–H and O–H groups in total. The third kappa shape index (κ3) is 4.33. The lowest BCUT2D eigenvalue weighted by atomic mass is 10.3. The minimum Gasteiger partial charge on any atom is -0.480 e. The summed E-state index contributed by atoms with van der Waals surface area (Å²) in [6.07, 6.45) is 0. The molecule has 18 heavy (non-hydrogen) atoms. The minimum atomic E-state index is -1.18. The Labute approximate surface area is 106 Å². The van der Waals surface area contributed by atoms with E-state index in [1.165, 1.54) is 13.0 Å². The Balaban J connectivity index is 2.64. The van der Waals surface area contributed by atoms with Gasteiger partial charge in [-0.2, -0.15) is 0 Å². The second-order valence-electron chi connectivity index (χ2n) is 3.48. The van der Waals surface area contributed by atoms with Gasteiger partial charge in [-0.1, -0.05) is 0 Å². The maximum absolute atomic E-state index is 12.9. The average Bonchev–Trinajstić information content (AvgIpc) is 2.28. The molecule has 1 atom stereocenters. The average molecular weight is 275 g/mol. The Kier molecular flexibility index (Phi) is 5.08. The lowest BCUT2D eigenvalue weighted by Crippen LogP contribution is -2.41. The molecule has 1 aromatic rings. The third-order valence-electron chi connectivity index (χ3n) is 1.98. The molecule has 1 amide bonds. The summed E-state index contributed by atoms with van der Waals surface area (Å²) in [5, 5.41) is 11.1. The van der Waals surface area contributed by atoms with Crippen molar-refractivity contribution in [2.24, 2.45) is 0 Å². The van der Waals surface area contributed by atoms with Crippen LogP contribution >= 0.6 is 11.8 Å². The fourth-order valence-electron chi connectivity index (χ4n) is 1.17. The second-order valence-corrected chi connectivity index (χ2v) is 4.57. The van der Waals surface area contributed by atoms with Crippen LogP contribution in [0.15, 0.2) is 23.1 Å². The van der Waals surface area contributed by atoms with Gasteiger partial charge in [0.1, 0.15) is 6.04 Å². The normalized spacial score (nSPS) is 11.9. The van der Waals surface area contributed by atoms with Gasteiger partial charge in [-0.05, 0) is 18.2 Å². The number of carboxylic acids is 1. The first-order chi connectivity index (χ1) is 8.40. The lowest BCUT2D eigenvalue weighted by molar-refractivity contribution is -0.140. The van der Waals surface area contributed by atoms with E-state index in [0.29, 0.717) is 4.90 Å². The highest BCUT2D eigenvalue weighted by Crippen LogP contribution is 2.21. The third-order valence-corrected chi connectivity index (χ3v) is 3.07. The van der Waals surface area contributed by atoms with Crippen LogP contribution in [0.4, 0.5) is 8.78 Å². The van der Waals surface area contributed by atoms with E-state index in [1.807, 2.05) is 0 Å². The Morgan fingerprint density at radius 3 is 2.56 bits per heavy atom. The Morgan fingerprint density at radius 2 is 2.06 bits per heavy atom. The molecule has 1 aromatic carbocycles. The van der Waals surface area contributed by atoms with Gasteiger partial charge in [0.15, 0.2) is 11.6 Å². The number of carbonyl (C=O) groups excluding carboxylic acids is 1. The fourth-order valence-corrected chi connectivity index (χ4v) is 2.10. The van der Waals surface area contributed by atoms with Crippen molar-refractivity contribution >= 4 is 23.6 Å². The van der Waals surface area contributed by atoms with Gasteiger partial charge in [-0.15, -0.1) is 11.8 Å². The van der Waals surface area contributed by atoms with E-state index in [9.17, 15) is 18.4 Å². The van der Waals surface area contributed by atoms with Crippen LogP contribution in [0.25, 0.3) is 0 Å². The van der Waals surface area contributed by atoms with Crippen molar-refractivity contribution < 1.29 is 23.5 Å². The molecule has 0 aliphatic heterocycles. The summed E-state index contributed by atoms with van der Waals surface area (Å²) in [6, 6.07) is 2.22. The summed E-state index contributed by atoms with van der Waals surface area (Å²) in [5.74, 6) is -3.57. The molecular weight excluding hydrogens is 264 g/mol. The zero-order chi connectivity index (χ0) is 13.7. The van der Waals surface area contributed by atoms with E-state index >= 15 is 0 Å². The van der Waals surface area contributed by atoms with Gasteiger partial charge in [-0.25, -0.2) is 13.6 Å². The van der Waals surface area contributed by atoms with Crippen LogP contribution in [0.1, 0.15) is 6.92 Å². The van der Waals surface area contributed by atoms with Crippen molar-refractivity contribution in [1.29, 1.82) is 0 Å². The maximum atomic E-state index is 12.9. The van der Waals surface area contributed by atoms with Gasteiger partial charge >= 0.3 is 5.97 Å². The SMILES string of the molecule is CC(=O)NC(CSc1ccc(F)c(F)c1)C(=O)O. The fraction of sp³-hybridized carbons (Fsp3) is 0.273. The summed E-state index contributed by atoms with van der Waals surface area (Å²) in [6.45, 7) is 1.21. The highest BCUT2D eigenvalue weighted by Gasteiger charge is 2.18. The van der Waals surface area contributed by atoms with Crippen molar-refractivity contribution in [3.63, 3.8) is 0 Å². The number of halogens is 2.